The molecule has 2 N–H and O–H groups in total. The second-order valence-electron chi connectivity index (χ2n) is 6.51. The van der Waals surface area contributed by atoms with Crippen LogP contribution >= 0.6 is 11.6 Å². The number of nitrogens with two attached hydrogens (primary N) is 1. The number of halogens is 1. The van der Waals surface area contributed by atoms with Gasteiger partial charge in [-0.15, -0.1) is 0 Å². The monoisotopic (exact) mass is 310 g/mol. The predicted molar refractivity (Wildman–Crippen MR) is 84.6 cm³/mol. The zero-order valence-electron chi connectivity index (χ0n) is 12.9. The second-order valence-corrected chi connectivity index (χ2v) is 6.94. The van der Waals surface area contributed by atoms with E-state index in [0.29, 0.717) is 30.0 Å². The summed E-state index contributed by atoms with van der Waals surface area (Å²) in [6.07, 6.45) is 4.77. The summed E-state index contributed by atoms with van der Waals surface area (Å²) in [5.41, 5.74) is 5.69. The van der Waals surface area contributed by atoms with E-state index in [1.165, 1.54) is 6.20 Å². The highest BCUT2D eigenvalue weighted by Gasteiger charge is 2.45. The number of nitrogen functional groups attached to an aromatic ring is 1. The van der Waals surface area contributed by atoms with E-state index < -0.39 is 5.60 Å². The molecule has 0 atom stereocenters. The summed E-state index contributed by atoms with van der Waals surface area (Å²) in [7, 11) is 0. The molecule has 0 aliphatic heterocycles. The lowest BCUT2D eigenvalue weighted by atomic mass is 9.68. The molecule has 1 aromatic rings. The van der Waals surface area contributed by atoms with Gasteiger partial charge in [-0.05, 0) is 44.1 Å². The van der Waals surface area contributed by atoms with E-state index in [1.807, 2.05) is 6.92 Å². The minimum absolute atomic E-state index is 0.0904. The Balaban J connectivity index is 2.34. The van der Waals surface area contributed by atoms with Gasteiger partial charge in [-0.3, -0.25) is 4.79 Å². The molecule has 2 rings (SSSR count). The molecule has 1 saturated carbocycles. The SMILES string of the molecule is CCOC1(C(=O)c2cc(Cl)cnc2N)CCC(C)(C)CC1. The third-order valence-electron chi connectivity index (χ3n) is 4.38. The first-order chi connectivity index (χ1) is 9.80. The van der Waals surface area contributed by atoms with Crippen LogP contribution in [0.3, 0.4) is 0 Å². The third-order valence-corrected chi connectivity index (χ3v) is 4.58. The molecule has 0 unspecified atom stereocenters. The lowest BCUT2D eigenvalue weighted by Gasteiger charge is -2.42. The summed E-state index contributed by atoms with van der Waals surface area (Å²) >= 11 is 5.96. The average molecular weight is 311 g/mol. The Morgan fingerprint density at radius 1 is 1.38 bits per heavy atom. The summed E-state index contributed by atoms with van der Waals surface area (Å²) in [5, 5.41) is 0.412. The molecule has 21 heavy (non-hydrogen) atoms. The standard InChI is InChI=1S/C16H23ClN2O2/c1-4-21-16(7-5-15(2,3)6-8-16)13(20)12-9-11(17)10-19-14(12)18/h9-10H,4-8H2,1-3H3,(H2,18,19). The van der Waals surface area contributed by atoms with Gasteiger partial charge >= 0.3 is 0 Å². The fourth-order valence-corrected chi connectivity index (χ4v) is 3.08. The fourth-order valence-electron chi connectivity index (χ4n) is 2.92. The summed E-state index contributed by atoms with van der Waals surface area (Å²) in [6, 6.07) is 1.59. The van der Waals surface area contributed by atoms with Crippen molar-refractivity contribution in [3.05, 3.63) is 22.8 Å². The maximum Gasteiger partial charge on any atom is 0.198 e. The number of rotatable bonds is 4. The van der Waals surface area contributed by atoms with Crippen LogP contribution in [0.5, 0.6) is 0 Å². The van der Waals surface area contributed by atoms with Gasteiger partial charge in [-0.1, -0.05) is 25.4 Å². The van der Waals surface area contributed by atoms with Crippen LogP contribution in [-0.2, 0) is 4.74 Å². The van der Waals surface area contributed by atoms with Crippen LogP contribution < -0.4 is 5.73 Å². The number of anilines is 1. The first-order valence-corrected chi connectivity index (χ1v) is 7.77. The minimum Gasteiger partial charge on any atom is -0.383 e. The molecular weight excluding hydrogens is 288 g/mol. The number of hydrogen-bond donors (Lipinski definition) is 1. The lowest BCUT2D eigenvalue weighted by molar-refractivity contribution is -0.0580. The molecule has 1 aliphatic carbocycles. The predicted octanol–water partition coefficient (Wildman–Crippen LogP) is 3.88. The highest BCUT2D eigenvalue weighted by atomic mass is 35.5. The topological polar surface area (TPSA) is 65.2 Å². The van der Waals surface area contributed by atoms with E-state index in [4.69, 9.17) is 22.1 Å². The van der Waals surface area contributed by atoms with Crippen LogP contribution in [0.1, 0.15) is 56.8 Å². The van der Waals surface area contributed by atoms with Crippen LogP contribution in [-0.4, -0.2) is 23.0 Å². The van der Waals surface area contributed by atoms with Gasteiger partial charge in [0.05, 0.1) is 10.6 Å². The van der Waals surface area contributed by atoms with Gasteiger partial charge in [-0.25, -0.2) is 4.98 Å². The summed E-state index contributed by atoms with van der Waals surface area (Å²) in [6.45, 7) is 6.86. The maximum absolute atomic E-state index is 13.0. The Kier molecular flexibility index (Phi) is 4.59. The molecule has 0 bridgehead atoms. The van der Waals surface area contributed by atoms with Gasteiger partial charge in [0.25, 0.3) is 0 Å². The Labute approximate surface area is 131 Å². The number of ether oxygens (including phenoxy) is 1. The highest BCUT2D eigenvalue weighted by Crippen LogP contribution is 2.44. The van der Waals surface area contributed by atoms with Crippen molar-refractivity contribution in [1.82, 2.24) is 4.98 Å². The zero-order valence-corrected chi connectivity index (χ0v) is 13.7. The van der Waals surface area contributed by atoms with Crippen LogP contribution in [0.4, 0.5) is 5.82 Å². The molecule has 0 amide bonds. The van der Waals surface area contributed by atoms with Gasteiger partial charge in [0, 0.05) is 12.8 Å². The first kappa shape index (κ1) is 16.2. The summed E-state index contributed by atoms with van der Waals surface area (Å²) < 4.78 is 5.90. The maximum atomic E-state index is 13.0. The summed E-state index contributed by atoms with van der Waals surface area (Å²) in [5.74, 6) is 0.126. The number of Topliss-reactive ketones (excluding diaryl/α,β-unsaturated/α-hetero) is 1. The average Bonchev–Trinajstić information content (AvgIpc) is 2.44. The van der Waals surface area contributed by atoms with E-state index in [0.717, 1.165) is 12.8 Å². The largest absolute Gasteiger partial charge is 0.383 e. The van der Waals surface area contributed by atoms with Gasteiger partial charge in [-0.2, -0.15) is 0 Å². The molecule has 1 fully saturated rings. The van der Waals surface area contributed by atoms with Crippen molar-refractivity contribution >= 4 is 23.2 Å². The van der Waals surface area contributed by atoms with Crippen molar-refractivity contribution in [3.63, 3.8) is 0 Å². The molecule has 0 spiro atoms. The lowest BCUT2D eigenvalue weighted by Crippen LogP contribution is -2.46. The molecule has 116 valence electrons. The second kappa shape index (κ2) is 5.93. The number of pyridine rings is 1. The van der Waals surface area contributed by atoms with E-state index in [2.05, 4.69) is 18.8 Å². The Hall–Kier alpha value is -1.13. The number of nitrogens with zero attached hydrogens (tertiary/aromatic N) is 1. The van der Waals surface area contributed by atoms with Crippen LogP contribution in [0.2, 0.25) is 5.02 Å². The van der Waals surface area contributed by atoms with Gasteiger partial charge in [0.15, 0.2) is 5.78 Å². The molecule has 0 aromatic carbocycles. The minimum atomic E-state index is -0.787. The van der Waals surface area contributed by atoms with Crippen LogP contribution in [0.15, 0.2) is 12.3 Å². The van der Waals surface area contributed by atoms with Crippen molar-refractivity contribution in [2.45, 2.75) is 52.1 Å². The summed E-state index contributed by atoms with van der Waals surface area (Å²) in [4.78, 5) is 17.0. The van der Waals surface area contributed by atoms with E-state index >= 15 is 0 Å². The van der Waals surface area contributed by atoms with Crippen molar-refractivity contribution in [1.29, 1.82) is 0 Å². The van der Waals surface area contributed by atoms with Crippen molar-refractivity contribution in [3.8, 4) is 0 Å². The number of carbonyl (C=O) groups excluding carboxylic acids is 1. The molecule has 1 aliphatic rings. The van der Waals surface area contributed by atoms with Crippen molar-refractivity contribution in [2.75, 3.05) is 12.3 Å². The number of carbonyl (C=O) groups is 1. The Bertz CT molecular complexity index is 533. The molecule has 4 nitrogen and oxygen atoms in total. The van der Waals surface area contributed by atoms with E-state index in [-0.39, 0.29) is 17.0 Å². The van der Waals surface area contributed by atoms with Gasteiger partial charge in [0.2, 0.25) is 0 Å². The quantitative estimate of drug-likeness (QED) is 0.857. The van der Waals surface area contributed by atoms with Crippen molar-refractivity contribution < 1.29 is 9.53 Å². The van der Waals surface area contributed by atoms with Crippen LogP contribution in [0, 0.1) is 5.41 Å². The highest BCUT2D eigenvalue weighted by molar-refractivity contribution is 6.31. The molecule has 1 aromatic heterocycles. The van der Waals surface area contributed by atoms with E-state index in [9.17, 15) is 4.79 Å². The smallest absolute Gasteiger partial charge is 0.198 e. The molecule has 1 heterocycles. The molecule has 0 radical (unpaired) electrons. The Morgan fingerprint density at radius 3 is 2.57 bits per heavy atom. The van der Waals surface area contributed by atoms with E-state index in [1.54, 1.807) is 6.07 Å². The molecule has 0 saturated heterocycles. The van der Waals surface area contributed by atoms with Crippen LogP contribution in [0.25, 0.3) is 0 Å². The number of aromatic nitrogens is 1. The number of hydrogen-bond acceptors (Lipinski definition) is 4. The van der Waals surface area contributed by atoms with Gasteiger partial charge < -0.3 is 10.5 Å². The third kappa shape index (κ3) is 3.38. The number of ketones is 1. The normalized spacial score (nSPS) is 20.2. The zero-order chi connectivity index (χ0) is 15.7. The Morgan fingerprint density at radius 2 is 2.00 bits per heavy atom. The fraction of sp³-hybridized carbons (Fsp3) is 0.625. The molecular formula is C16H23ClN2O2. The first-order valence-electron chi connectivity index (χ1n) is 7.39. The van der Waals surface area contributed by atoms with Gasteiger partial charge in [0.1, 0.15) is 11.4 Å². The molecule has 5 heteroatoms. The van der Waals surface area contributed by atoms with Crippen molar-refractivity contribution in [2.24, 2.45) is 5.41 Å².